The molecule has 1 aliphatic heterocycles. The summed E-state index contributed by atoms with van der Waals surface area (Å²) >= 11 is 1.67. The SMILES string of the molecule is O=C(NC(c1cccs1)C1CC(O)C1)c1ccccc1N1CCCC1. The van der Waals surface area contributed by atoms with Gasteiger partial charge in [0, 0.05) is 23.7 Å². The molecule has 1 aromatic heterocycles. The Morgan fingerprint density at radius 3 is 2.60 bits per heavy atom. The van der Waals surface area contributed by atoms with Gasteiger partial charge < -0.3 is 15.3 Å². The Morgan fingerprint density at radius 2 is 1.92 bits per heavy atom. The van der Waals surface area contributed by atoms with E-state index >= 15 is 0 Å². The maximum absolute atomic E-state index is 13.1. The first-order chi connectivity index (χ1) is 12.2. The van der Waals surface area contributed by atoms with E-state index in [-0.39, 0.29) is 18.1 Å². The Bertz CT molecular complexity index is 719. The summed E-state index contributed by atoms with van der Waals surface area (Å²) in [6.45, 7) is 2.04. The number of rotatable bonds is 5. The molecule has 0 bridgehead atoms. The van der Waals surface area contributed by atoms with Crippen LogP contribution in [-0.4, -0.2) is 30.2 Å². The van der Waals surface area contributed by atoms with E-state index < -0.39 is 0 Å². The summed E-state index contributed by atoms with van der Waals surface area (Å²) in [6.07, 6.45) is 3.68. The second-order valence-electron chi connectivity index (χ2n) is 7.06. The molecular weight excluding hydrogens is 332 g/mol. The van der Waals surface area contributed by atoms with Crippen molar-refractivity contribution in [3.63, 3.8) is 0 Å². The molecule has 5 heteroatoms. The van der Waals surface area contributed by atoms with Crippen LogP contribution >= 0.6 is 11.3 Å². The Morgan fingerprint density at radius 1 is 1.16 bits per heavy atom. The van der Waals surface area contributed by atoms with Crippen molar-refractivity contribution in [2.24, 2.45) is 5.92 Å². The fourth-order valence-corrected chi connectivity index (χ4v) is 4.78. The summed E-state index contributed by atoms with van der Waals surface area (Å²) in [5.74, 6) is 0.304. The van der Waals surface area contributed by atoms with Crippen LogP contribution in [0, 0.1) is 5.92 Å². The zero-order valence-electron chi connectivity index (χ0n) is 14.2. The highest BCUT2D eigenvalue weighted by Gasteiger charge is 2.36. The normalized spacial score (nSPS) is 24.0. The lowest BCUT2D eigenvalue weighted by Crippen LogP contribution is -2.41. The monoisotopic (exact) mass is 356 g/mol. The maximum Gasteiger partial charge on any atom is 0.253 e. The van der Waals surface area contributed by atoms with Gasteiger partial charge in [-0.15, -0.1) is 11.3 Å². The molecule has 1 amide bonds. The van der Waals surface area contributed by atoms with Crippen molar-refractivity contribution < 1.29 is 9.90 Å². The fourth-order valence-electron chi connectivity index (χ4n) is 3.91. The van der Waals surface area contributed by atoms with Crippen LogP contribution in [0.4, 0.5) is 5.69 Å². The Balaban J connectivity index is 1.56. The molecule has 2 heterocycles. The molecule has 25 heavy (non-hydrogen) atoms. The van der Waals surface area contributed by atoms with E-state index in [1.807, 2.05) is 35.7 Å². The third-order valence-electron chi connectivity index (χ3n) is 5.35. The molecule has 0 spiro atoms. The number of nitrogens with one attached hydrogen (secondary N) is 1. The molecule has 2 N–H and O–H groups in total. The first-order valence-electron chi connectivity index (χ1n) is 9.08. The average molecular weight is 356 g/mol. The largest absolute Gasteiger partial charge is 0.393 e. The zero-order valence-corrected chi connectivity index (χ0v) is 15.0. The van der Waals surface area contributed by atoms with Crippen LogP contribution in [0.3, 0.4) is 0 Å². The minimum absolute atomic E-state index is 0.0115. The number of aliphatic hydroxyl groups is 1. The van der Waals surface area contributed by atoms with E-state index in [1.165, 1.54) is 17.7 Å². The second kappa shape index (κ2) is 7.18. The summed E-state index contributed by atoms with van der Waals surface area (Å²) in [6, 6.07) is 12.0. The quantitative estimate of drug-likeness (QED) is 0.861. The molecule has 4 nitrogen and oxygen atoms in total. The van der Waals surface area contributed by atoms with Crippen molar-refractivity contribution >= 4 is 22.9 Å². The topological polar surface area (TPSA) is 52.6 Å². The lowest BCUT2D eigenvalue weighted by molar-refractivity contribution is 0.0241. The first kappa shape index (κ1) is 16.6. The van der Waals surface area contributed by atoms with E-state index in [1.54, 1.807) is 11.3 Å². The molecule has 2 aliphatic rings. The number of hydrogen-bond acceptors (Lipinski definition) is 4. The van der Waals surface area contributed by atoms with Gasteiger partial charge in [-0.1, -0.05) is 18.2 Å². The summed E-state index contributed by atoms with van der Waals surface area (Å²) in [4.78, 5) is 16.5. The number of nitrogens with zero attached hydrogens (tertiary/aromatic N) is 1. The molecule has 1 aliphatic carbocycles. The van der Waals surface area contributed by atoms with Crippen molar-refractivity contribution in [1.29, 1.82) is 0 Å². The third-order valence-corrected chi connectivity index (χ3v) is 6.31. The number of carbonyl (C=O) groups is 1. The highest BCUT2D eigenvalue weighted by molar-refractivity contribution is 7.10. The molecule has 1 saturated heterocycles. The standard InChI is InChI=1S/C20H24N2O2S/c23-15-12-14(13-15)19(18-8-5-11-25-18)21-20(24)16-6-1-2-7-17(16)22-9-3-4-10-22/h1-2,5-8,11,14-15,19,23H,3-4,9-10,12-13H2,(H,21,24). The van der Waals surface area contributed by atoms with Crippen molar-refractivity contribution in [3.05, 3.63) is 52.2 Å². The van der Waals surface area contributed by atoms with Crippen molar-refractivity contribution in [2.75, 3.05) is 18.0 Å². The van der Waals surface area contributed by atoms with Crippen LogP contribution in [0.2, 0.25) is 0 Å². The summed E-state index contributed by atoms with van der Waals surface area (Å²) in [5, 5.41) is 15.0. The molecule has 132 valence electrons. The van der Waals surface area contributed by atoms with Crippen molar-refractivity contribution in [3.8, 4) is 0 Å². The predicted molar refractivity (Wildman–Crippen MR) is 101 cm³/mol. The van der Waals surface area contributed by atoms with Gasteiger partial charge in [-0.25, -0.2) is 0 Å². The van der Waals surface area contributed by atoms with Gasteiger partial charge in [0.2, 0.25) is 0 Å². The Kier molecular flexibility index (Phi) is 4.77. The van der Waals surface area contributed by atoms with Crippen LogP contribution in [0.1, 0.15) is 47.0 Å². The smallest absolute Gasteiger partial charge is 0.253 e. The number of anilines is 1. The highest BCUT2D eigenvalue weighted by atomic mass is 32.1. The van der Waals surface area contributed by atoms with Gasteiger partial charge >= 0.3 is 0 Å². The van der Waals surface area contributed by atoms with E-state index in [0.29, 0.717) is 5.92 Å². The van der Waals surface area contributed by atoms with Gasteiger partial charge in [0.1, 0.15) is 0 Å². The average Bonchev–Trinajstić information content (AvgIpc) is 3.30. The number of hydrogen-bond donors (Lipinski definition) is 2. The summed E-state index contributed by atoms with van der Waals surface area (Å²) in [5.41, 5.74) is 1.79. The van der Waals surface area contributed by atoms with E-state index in [9.17, 15) is 9.90 Å². The lowest BCUT2D eigenvalue weighted by Gasteiger charge is -2.37. The molecule has 1 aromatic carbocycles. The number of carbonyl (C=O) groups excluding carboxylic acids is 1. The molecule has 1 saturated carbocycles. The van der Waals surface area contributed by atoms with Crippen molar-refractivity contribution in [1.82, 2.24) is 5.32 Å². The predicted octanol–water partition coefficient (Wildman–Crippen LogP) is 3.59. The molecule has 2 aromatic rings. The van der Waals surface area contributed by atoms with E-state index in [4.69, 9.17) is 0 Å². The molecule has 1 unspecified atom stereocenters. The number of aliphatic hydroxyl groups excluding tert-OH is 1. The number of thiophene rings is 1. The van der Waals surface area contributed by atoms with Crippen LogP contribution in [0.5, 0.6) is 0 Å². The molecule has 2 fully saturated rings. The zero-order chi connectivity index (χ0) is 17.2. The minimum atomic E-state index is -0.221. The highest BCUT2D eigenvalue weighted by Crippen LogP contribution is 2.40. The van der Waals surface area contributed by atoms with E-state index in [2.05, 4.69) is 16.3 Å². The lowest BCUT2D eigenvalue weighted by atomic mass is 9.76. The van der Waals surface area contributed by atoms with Gasteiger partial charge in [0.05, 0.1) is 17.7 Å². The van der Waals surface area contributed by atoms with Crippen LogP contribution in [-0.2, 0) is 0 Å². The Labute approximate surface area is 152 Å². The van der Waals surface area contributed by atoms with Crippen LogP contribution in [0.25, 0.3) is 0 Å². The minimum Gasteiger partial charge on any atom is -0.393 e. The summed E-state index contributed by atoms with van der Waals surface area (Å²) in [7, 11) is 0. The number of para-hydroxylation sites is 1. The van der Waals surface area contributed by atoms with Crippen LogP contribution in [0.15, 0.2) is 41.8 Å². The maximum atomic E-state index is 13.1. The van der Waals surface area contributed by atoms with Crippen LogP contribution < -0.4 is 10.2 Å². The van der Waals surface area contributed by atoms with Crippen molar-refractivity contribution in [2.45, 2.75) is 37.8 Å². The molecule has 4 rings (SSSR count). The van der Waals surface area contributed by atoms with Gasteiger partial charge in [0.15, 0.2) is 0 Å². The molecule has 1 atom stereocenters. The van der Waals surface area contributed by atoms with Gasteiger partial charge in [0.25, 0.3) is 5.91 Å². The molecular formula is C20H24N2O2S. The second-order valence-corrected chi connectivity index (χ2v) is 8.04. The van der Waals surface area contributed by atoms with Gasteiger partial charge in [-0.3, -0.25) is 4.79 Å². The molecule has 0 radical (unpaired) electrons. The van der Waals surface area contributed by atoms with Gasteiger partial charge in [-0.2, -0.15) is 0 Å². The van der Waals surface area contributed by atoms with Gasteiger partial charge in [-0.05, 0) is 55.2 Å². The Hall–Kier alpha value is -1.85. The number of amides is 1. The fraction of sp³-hybridized carbons (Fsp3) is 0.450. The number of benzene rings is 1. The third kappa shape index (κ3) is 3.44. The first-order valence-corrected chi connectivity index (χ1v) is 9.96. The van der Waals surface area contributed by atoms with E-state index in [0.717, 1.165) is 37.2 Å². The summed E-state index contributed by atoms with van der Waals surface area (Å²) < 4.78 is 0.